The Bertz CT molecular complexity index is 831. The van der Waals surface area contributed by atoms with Gasteiger partial charge in [0.1, 0.15) is 5.82 Å². The Balaban J connectivity index is 1.73. The molecule has 2 aromatic rings. The highest BCUT2D eigenvalue weighted by Crippen LogP contribution is 2.31. The average molecular weight is 359 g/mol. The summed E-state index contributed by atoms with van der Waals surface area (Å²) in [5.74, 6) is -0.511. The third kappa shape index (κ3) is 4.51. The van der Waals surface area contributed by atoms with Gasteiger partial charge in [0.05, 0.1) is 11.4 Å². The van der Waals surface area contributed by atoms with Gasteiger partial charge < -0.3 is 10.6 Å². The first kappa shape index (κ1) is 17.3. The average Bonchev–Trinajstić information content (AvgIpc) is 3.19. The van der Waals surface area contributed by atoms with Gasteiger partial charge in [0.25, 0.3) is 0 Å². The molecule has 1 aliphatic rings. The summed E-state index contributed by atoms with van der Waals surface area (Å²) in [4.78, 5) is 27.8. The van der Waals surface area contributed by atoms with E-state index in [0.717, 1.165) is 12.8 Å². The molecule has 1 aromatic heterocycles. The molecule has 2 amide bonds. The fourth-order valence-electron chi connectivity index (χ4n) is 2.76. The second-order valence-electron chi connectivity index (χ2n) is 5.93. The SMILES string of the molecule is CC(=O)Nc1cc(F)ccc1-c1csc(NC(=O)CC2C=CCC2)n1. The Labute approximate surface area is 149 Å². The molecule has 1 unspecified atom stereocenters. The predicted molar refractivity (Wildman–Crippen MR) is 96.9 cm³/mol. The van der Waals surface area contributed by atoms with Gasteiger partial charge in [-0.3, -0.25) is 9.59 Å². The van der Waals surface area contributed by atoms with Crippen molar-refractivity contribution < 1.29 is 14.0 Å². The minimum Gasteiger partial charge on any atom is -0.326 e. The van der Waals surface area contributed by atoms with E-state index >= 15 is 0 Å². The number of rotatable bonds is 5. The molecule has 1 aromatic carbocycles. The van der Waals surface area contributed by atoms with Crippen molar-refractivity contribution in [3.63, 3.8) is 0 Å². The second-order valence-corrected chi connectivity index (χ2v) is 6.78. The van der Waals surface area contributed by atoms with Crippen molar-refractivity contribution >= 4 is 34.0 Å². The van der Waals surface area contributed by atoms with E-state index in [1.54, 1.807) is 11.4 Å². The van der Waals surface area contributed by atoms with Gasteiger partial charge in [-0.05, 0) is 37.0 Å². The van der Waals surface area contributed by atoms with Crippen molar-refractivity contribution in [2.45, 2.75) is 26.2 Å². The first-order valence-electron chi connectivity index (χ1n) is 8.01. The second kappa shape index (κ2) is 7.57. The molecule has 0 bridgehead atoms. The maximum Gasteiger partial charge on any atom is 0.226 e. The van der Waals surface area contributed by atoms with Crippen molar-refractivity contribution in [2.24, 2.45) is 5.92 Å². The van der Waals surface area contributed by atoms with Gasteiger partial charge in [0, 0.05) is 24.3 Å². The van der Waals surface area contributed by atoms with Gasteiger partial charge in [-0.15, -0.1) is 11.3 Å². The molecular weight excluding hydrogens is 341 g/mol. The summed E-state index contributed by atoms with van der Waals surface area (Å²) in [5, 5.41) is 7.66. The number of hydrogen-bond donors (Lipinski definition) is 2. The Hall–Kier alpha value is -2.54. The maximum atomic E-state index is 13.5. The van der Waals surface area contributed by atoms with Crippen LogP contribution in [0.4, 0.5) is 15.2 Å². The lowest BCUT2D eigenvalue weighted by Crippen LogP contribution is -2.14. The van der Waals surface area contributed by atoms with E-state index in [1.807, 2.05) is 0 Å². The quantitative estimate of drug-likeness (QED) is 0.786. The summed E-state index contributed by atoms with van der Waals surface area (Å²) in [6.45, 7) is 1.36. The van der Waals surface area contributed by atoms with E-state index in [9.17, 15) is 14.0 Å². The van der Waals surface area contributed by atoms with E-state index in [4.69, 9.17) is 0 Å². The van der Waals surface area contributed by atoms with Crippen molar-refractivity contribution in [3.8, 4) is 11.3 Å². The molecular formula is C18H18FN3O2S. The Kier molecular flexibility index (Phi) is 5.23. The molecule has 0 aliphatic heterocycles. The summed E-state index contributed by atoms with van der Waals surface area (Å²) in [5.41, 5.74) is 1.53. The normalized spacial score (nSPS) is 16.0. The molecule has 1 heterocycles. The van der Waals surface area contributed by atoms with Crippen LogP contribution in [0.15, 0.2) is 35.7 Å². The number of benzene rings is 1. The van der Waals surface area contributed by atoms with Gasteiger partial charge in [-0.2, -0.15) is 0 Å². The van der Waals surface area contributed by atoms with Gasteiger partial charge in [0.15, 0.2) is 5.13 Å². The van der Waals surface area contributed by atoms with Crippen molar-refractivity contribution in [3.05, 3.63) is 41.5 Å². The van der Waals surface area contributed by atoms with Crippen LogP contribution in [-0.2, 0) is 9.59 Å². The number of nitrogens with one attached hydrogen (secondary N) is 2. The topological polar surface area (TPSA) is 71.1 Å². The first-order valence-corrected chi connectivity index (χ1v) is 8.89. The Morgan fingerprint density at radius 1 is 1.36 bits per heavy atom. The summed E-state index contributed by atoms with van der Waals surface area (Å²) in [6.07, 6.45) is 6.64. The van der Waals surface area contributed by atoms with Gasteiger partial charge in [-0.25, -0.2) is 9.37 Å². The first-order chi connectivity index (χ1) is 12.0. The minimum absolute atomic E-state index is 0.0707. The van der Waals surface area contributed by atoms with Crippen LogP contribution in [0.2, 0.25) is 0 Å². The Morgan fingerprint density at radius 3 is 2.92 bits per heavy atom. The van der Waals surface area contributed by atoms with E-state index in [1.165, 1.54) is 30.4 Å². The number of hydrogen-bond acceptors (Lipinski definition) is 4. The molecule has 0 fully saturated rings. The zero-order valence-electron chi connectivity index (χ0n) is 13.7. The van der Waals surface area contributed by atoms with Crippen molar-refractivity contribution in [1.29, 1.82) is 0 Å². The highest BCUT2D eigenvalue weighted by Gasteiger charge is 2.16. The van der Waals surface area contributed by atoms with Crippen molar-refractivity contribution in [1.82, 2.24) is 4.98 Å². The van der Waals surface area contributed by atoms with Gasteiger partial charge >= 0.3 is 0 Å². The number of anilines is 2. The van der Waals surface area contributed by atoms with Crippen LogP contribution in [0.5, 0.6) is 0 Å². The highest BCUT2D eigenvalue weighted by atomic mass is 32.1. The van der Waals surface area contributed by atoms with Crippen LogP contribution in [0.1, 0.15) is 26.2 Å². The number of thiazole rings is 1. The molecule has 5 nitrogen and oxygen atoms in total. The van der Waals surface area contributed by atoms with Crippen molar-refractivity contribution in [2.75, 3.05) is 10.6 Å². The number of nitrogens with zero attached hydrogens (tertiary/aromatic N) is 1. The van der Waals surface area contributed by atoms with Crippen LogP contribution in [0.3, 0.4) is 0 Å². The van der Waals surface area contributed by atoms with Crippen LogP contribution < -0.4 is 10.6 Å². The summed E-state index contributed by atoms with van der Waals surface area (Å²) in [7, 11) is 0. The van der Waals surface area contributed by atoms with Gasteiger partial charge in [-0.1, -0.05) is 12.2 Å². The highest BCUT2D eigenvalue weighted by molar-refractivity contribution is 7.14. The Morgan fingerprint density at radius 2 is 2.20 bits per heavy atom. The van der Waals surface area contributed by atoms with Crippen LogP contribution >= 0.6 is 11.3 Å². The predicted octanol–water partition coefficient (Wildman–Crippen LogP) is 4.20. The third-order valence-electron chi connectivity index (χ3n) is 3.88. The molecule has 0 spiro atoms. The summed E-state index contributed by atoms with van der Waals surface area (Å²) >= 11 is 1.29. The number of aromatic nitrogens is 1. The third-order valence-corrected chi connectivity index (χ3v) is 4.64. The smallest absolute Gasteiger partial charge is 0.226 e. The number of halogens is 1. The lowest BCUT2D eigenvalue weighted by atomic mass is 10.1. The van der Waals surface area contributed by atoms with Crippen LogP contribution in [0.25, 0.3) is 11.3 Å². The standard InChI is InChI=1S/C18H18FN3O2S/c1-11(23)20-15-9-13(19)6-7-14(15)16-10-25-18(21-16)22-17(24)8-12-4-2-3-5-12/h2,4,6-7,9-10,12H,3,5,8H2,1H3,(H,20,23)(H,21,22,24). The zero-order chi connectivity index (χ0) is 17.8. The van der Waals surface area contributed by atoms with Gasteiger partial charge in [0.2, 0.25) is 11.8 Å². The largest absolute Gasteiger partial charge is 0.326 e. The summed E-state index contributed by atoms with van der Waals surface area (Å²) in [6, 6.07) is 4.12. The van der Waals surface area contributed by atoms with E-state index < -0.39 is 5.82 Å². The number of allylic oxidation sites excluding steroid dienone is 2. The maximum absolute atomic E-state index is 13.5. The zero-order valence-corrected chi connectivity index (χ0v) is 14.5. The lowest BCUT2D eigenvalue weighted by Gasteiger charge is -2.08. The molecule has 0 radical (unpaired) electrons. The van der Waals surface area contributed by atoms with E-state index in [0.29, 0.717) is 34.4 Å². The van der Waals surface area contributed by atoms with E-state index in [2.05, 4.69) is 27.8 Å². The lowest BCUT2D eigenvalue weighted by molar-refractivity contribution is -0.117. The monoisotopic (exact) mass is 359 g/mol. The molecule has 7 heteroatoms. The molecule has 0 saturated carbocycles. The fourth-order valence-corrected chi connectivity index (χ4v) is 3.49. The molecule has 1 atom stereocenters. The molecule has 1 aliphatic carbocycles. The molecule has 0 saturated heterocycles. The molecule has 3 rings (SSSR count). The van der Waals surface area contributed by atoms with Crippen LogP contribution in [0, 0.1) is 11.7 Å². The fraction of sp³-hybridized carbons (Fsp3) is 0.278. The minimum atomic E-state index is -0.444. The van der Waals surface area contributed by atoms with E-state index in [-0.39, 0.29) is 11.8 Å². The number of carbonyl (C=O) groups excluding carboxylic acids is 2. The number of amides is 2. The molecule has 2 N–H and O–H groups in total. The molecule has 130 valence electrons. The molecule has 25 heavy (non-hydrogen) atoms. The number of carbonyl (C=O) groups is 2. The van der Waals surface area contributed by atoms with Crippen LogP contribution in [-0.4, -0.2) is 16.8 Å². The summed E-state index contributed by atoms with van der Waals surface area (Å²) < 4.78 is 13.5.